The normalized spacial score (nSPS) is 26.9. The van der Waals surface area contributed by atoms with Crippen LogP contribution in [0.1, 0.15) is 24.8 Å². The van der Waals surface area contributed by atoms with Crippen LogP contribution in [0.15, 0.2) is 22.7 Å². The van der Waals surface area contributed by atoms with Gasteiger partial charge in [0.05, 0.1) is 11.6 Å². The van der Waals surface area contributed by atoms with Gasteiger partial charge < -0.3 is 4.90 Å². The van der Waals surface area contributed by atoms with Gasteiger partial charge in [0, 0.05) is 23.2 Å². The zero-order valence-corrected chi connectivity index (χ0v) is 11.3. The largest absolute Gasteiger partial charge is 0.371 e. The monoisotopic (exact) mass is 290 g/mol. The molecule has 1 aliphatic heterocycles. The summed E-state index contributed by atoms with van der Waals surface area (Å²) >= 11 is 3.48. The zero-order valence-electron chi connectivity index (χ0n) is 9.69. The van der Waals surface area contributed by atoms with Gasteiger partial charge in [-0.25, -0.2) is 0 Å². The minimum absolute atomic E-state index is 0.742. The molecule has 2 atom stereocenters. The highest BCUT2D eigenvalue weighted by Gasteiger charge is 2.36. The van der Waals surface area contributed by atoms with Crippen molar-refractivity contribution in [1.29, 1.82) is 5.26 Å². The number of nitriles is 1. The minimum atomic E-state index is 0.742. The molecule has 0 spiro atoms. The number of benzene rings is 1. The number of halogens is 1. The molecule has 1 aromatic rings. The zero-order chi connectivity index (χ0) is 11.8. The van der Waals surface area contributed by atoms with Crippen molar-refractivity contribution in [2.24, 2.45) is 11.8 Å². The van der Waals surface area contributed by atoms with Crippen LogP contribution in [0.4, 0.5) is 5.69 Å². The Hall–Kier alpha value is -1.01. The number of hydrogen-bond acceptors (Lipinski definition) is 2. The highest BCUT2D eigenvalue weighted by atomic mass is 79.9. The fraction of sp³-hybridized carbons (Fsp3) is 0.500. The van der Waals surface area contributed by atoms with Gasteiger partial charge >= 0.3 is 0 Å². The van der Waals surface area contributed by atoms with Crippen molar-refractivity contribution in [2.75, 3.05) is 18.0 Å². The molecule has 88 valence electrons. The van der Waals surface area contributed by atoms with Crippen LogP contribution in [0.25, 0.3) is 0 Å². The summed E-state index contributed by atoms with van der Waals surface area (Å²) in [6, 6.07) is 8.23. The predicted octanol–water partition coefficient (Wildman–Crippen LogP) is 3.56. The molecule has 3 rings (SSSR count). The Morgan fingerprint density at radius 2 is 1.88 bits per heavy atom. The van der Waals surface area contributed by atoms with Gasteiger partial charge in [-0.05, 0) is 42.9 Å². The SMILES string of the molecule is N#Cc1cc(Br)cc(N2CC3CCCC3C2)c1. The van der Waals surface area contributed by atoms with E-state index in [9.17, 15) is 0 Å². The van der Waals surface area contributed by atoms with E-state index in [-0.39, 0.29) is 0 Å². The van der Waals surface area contributed by atoms with E-state index in [1.54, 1.807) is 0 Å². The summed E-state index contributed by atoms with van der Waals surface area (Å²) in [5.74, 6) is 1.78. The standard InChI is InChI=1S/C14H15BrN2/c15-13-4-10(7-16)5-14(6-13)17-8-11-2-1-3-12(11)9-17/h4-6,11-12H,1-3,8-9H2. The van der Waals surface area contributed by atoms with Gasteiger partial charge in [-0.1, -0.05) is 22.4 Å². The first-order valence-corrected chi connectivity index (χ1v) is 7.01. The summed E-state index contributed by atoms with van der Waals surface area (Å²) in [5.41, 5.74) is 1.94. The molecule has 1 saturated heterocycles. The van der Waals surface area contributed by atoms with Crippen molar-refractivity contribution in [2.45, 2.75) is 19.3 Å². The molecule has 0 amide bonds. The summed E-state index contributed by atoms with van der Waals surface area (Å²) in [4.78, 5) is 2.44. The first-order valence-electron chi connectivity index (χ1n) is 6.22. The number of anilines is 1. The third kappa shape index (κ3) is 2.07. The molecule has 0 N–H and O–H groups in total. The van der Waals surface area contributed by atoms with Crippen molar-refractivity contribution in [3.05, 3.63) is 28.2 Å². The van der Waals surface area contributed by atoms with Crippen molar-refractivity contribution in [1.82, 2.24) is 0 Å². The molecule has 1 aromatic carbocycles. The Bertz CT molecular complexity index is 466. The topological polar surface area (TPSA) is 27.0 Å². The second-order valence-electron chi connectivity index (χ2n) is 5.17. The van der Waals surface area contributed by atoms with Crippen LogP contribution in [0.3, 0.4) is 0 Å². The summed E-state index contributed by atoms with van der Waals surface area (Å²) in [6.07, 6.45) is 4.19. The maximum atomic E-state index is 9.00. The molecule has 17 heavy (non-hydrogen) atoms. The van der Waals surface area contributed by atoms with Gasteiger partial charge in [-0.15, -0.1) is 0 Å². The third-order valence-electron chi connectivity index (χ3n) is 4.10. The van der Waals surface area contributed by atoms with Crippen molar-refractivity contribution in [3.63, 3.8) is 0 Å². The lowest BCUT2D eigenvalue weighted by atomic mass is 10.0. The molecular weight excluding hydrogens is 276 g/mol. The summed E-state index contributed by atoms with van der Waals surface area (Å²) in [5, 5.41) is 9.00. The number of fused-ring (bicyclic) bond motifs is 1. The minimum Gasteiger partial charge on any atom is -0.371 e. The molecular formula is C14H15BrN2. The van der Waals surface area contributed by atoms with Crippen molar-refractivity contribution >= 4 is 21.6 Å². The molecule has 1 heterocycles. The lowest BCUT2D eigenvalue weighted by Crippen LogP contribution is -2.20. The molecule has 2 unspecified atom stereocenters. The van der Waals surface area contributed by atoms with Crippen LogP contribution in [0.5, 0.6) is 0 Å². The molecule has 0 bridgehead atoms. The molecule has 0 radical (unpaired) electrons. The fourth-order valence-electron chi connectivity index (χ4n) is 3.27. The fourth-order valence-corrected chi connectivity index (χ4v) is 3.75. The van der Waals surface area contributed by atoms with Crippen LogP contribution in [0.2, 0.25) is 0 Å². The molecule has 1 saturated carbocycles. The summed E-state index contributed by atoms with van der Waals surface area (Å²) < 4.78 is 1.00. The van der Waals surface area contributed by atoms with E-state index >= 15 is 0 Å². The molecule has 1 aliphatic carbocycles. The Morgan fingerprint density at radius 3 is 2.53 bits per heavy atom. The van der Waals surface area contributed by atoms with E-state index in [4.69, 9.17) is 5.26 Å². The Kier molecular flexibility index (Phi) is 2.84. The smallest absolute Gasteiger partial charge is 0.0992 e. The lowest BCUT2D eigenvalue weighted by molar-refractivity contribution is 0.494. The van der Waals surface area contributed by atoms with Crippen LogP contribution in [0, 0.1) is 23.2 Å². The average Bonchev–Trinajstić information content (AvgIpc) is 2.88. The third-order valence-corrected chi connectivity index (χ3v) is 4.56. The van der Waals surface area contributed by atoms with Gasteiger partial charge in [-0.3, -0.25) is 0 Å². The second-order valence-corrected chi connectivity index (χ2v) is 6.08. The Labute approximate surface area is 110 Å². The van der Waals surface area contributed by atoms with Crippen LogP contribution >= 0.6 is 15.9 Å². The van der Waals surface area contributed by atoms with E-state index in [1.807, 2.05) is 12.1 Å². The molecule has 2 fully saturated rings. The Morgan fingerprint density at radius 1 is 1.18 bits per heavy atom. The van der Waals surface area contributed by atoms with Crippen LogP contribution < -0.4 is 4.90 Å². The molecule has 3 heteroatoms. The molecule has 0 aromatic heterocycles. The van der Waals surface area contributed by atoms with E-state index in [1.165, 1.54) is 38.0 Å². The summed E-state index contributed by atoms with van der Waals surface area (Å²) in [6.45, 7) is 2.35. The molecule has 2 nitrogen and oxygen atoms in total. The maximum absolute atomic E-state index is 9.00. The van der Waals surface area contributed by atoms with Crippen molar-refractivity contribution < 1.29 is 0 Å². The van der Waals surface area contributed by atoms with E-state index in [0.717, 1.165) is 21.9 Å². The van der Waals surface area contributed by atoms with E-state index in [0.29, 0.717) is 0 Å². The molecule has 2 aliphatic rings. The first-order chi connectivity index (χ1) is 8.26. The predicted molar refractivity (Wildman–Crippen MR) is 71.9 cm³/mol. The van der Waals surface area contributed by atoms with Gasteiger partial charge in [0.1, 0.15) is 0 Å². The number of rotatable bonds is 1. The quantitative estimate of drug-likeness (QED) is 0.791. The Balaban J connectivity index is 1.86. The first kappa shape index (κ1) is 11.1. The average molecular weight is 291 g/mol. The number of nitrogens with zero attached hydrogens (tertiary/aromatic N) is 2. The van der Waals surface area contributed by atoms with Crippen LogP contribution in [-0.4, -0.2) is 13.1 Å². The van der Waals surface area contributed by atoms with Gasteiger partial charge in [-0.2, -0.15) is 5.26 Å². The van der Waals surface area contributed by atoms with Gasteiger partial charge in [0.25, 0.3) is 0 Å². The second kappa shape index (κ2) is 4.34. The highest BCUT2D eigenvalue weighted by molar-refractivity contribution is 9.10. The van der Waals surface area contributed by atoms with E-state index in [2.05, 4.69) is 33.0 Å². The van der Waals surface area contributed by atoms with Crippen LogP contribution in [-0.2, 0) is 0 Å². The van der Waals surface area contributed by atoms with Crippen molar-refractivity contribution in [3.8, 4) is 6.07 Å². The summed E-state index contributed by atoms with van der Waals surface area (Å²) in [7, 11) is 0. The van der Waals surface area contributed by atoms with Gasteiger partial charge in [0.2, 0.25) is 0 Å². The number of hydrogen-bond donors (Lipinski definition) is 0. The van der Waals surface area contributed by atoms with E-state index < -0.39 is 0 Å². The van der Waals surface area contributed by atoms with Gasteiger partial charge in [0.15, 0.2) is 0 Å². The highest BCUT2D eigenvalue weighted by Crippen LogP contribution is 2.40. The lowest BCUT2D eigenvalue weighted by Gasteiger charge is -2.20. The maximum Gasteiger partial charge on any atom is 0.0992 e.